The van der Waals surface area contributed by atoms with Gasteiger partial charge in [-0.25, -0.2) is 0 Å². The van der Waals surface area contributed by atoms with Gasteiger partial charge in [-0.3, -0.25) is 0 Å². The summed E-state index contributed by atoms with van der Waals surface area (Å²) < 4.78 is 10.4. The minimum absolute atomic E-state index is 0.519. The van der Waals surface area contributed by atoms with Gasteiger partial charge in [0.15, 0.2) is 5.76 Å². The van der Waals surface area contributed by atoms with Crippen LogP contribution in [0.1, 0.15) is 29.5 Å². The molecule has 0 saturated heterocycles. The summed E-state index contributed by atoms with van der Waals surface area (Å²) in [5.41, 5.74) is 2.77. The third-order valence-corrected chi connectivity index (χ3v) is 3.69. The molecule has 1 N–H and O–H groups in total. The van der Waals surface area contributed by atoms with E-state index in [0.717, 1.165) is 30.3 Å². The number of hydrogen-bond acceptors (Lipinski definition) is 5. The standard InChI is InChI=1S/C15H18N2O3/c1-10-15-14(16-20-10)13(18)7-8-17(15)9-11-3-5-12(19-2)6-4-11/h3-6,13,18H,7-9H2,1-2H3. The van der Waals surface area contributed by atoms with Crippen molar-refractivity contribution >= 4 is 5.69 Å². The Labute approximate surface area is 117 Å². The van der Waals surface area contributed by atoms with Crippen LogP contribution < -0.4 is 9.64 Å². The molecular formula is C15H18N2O3. The fraction of sp³-hybridized carbons (Fsp3) is 0.400. The third kappa shape index (κ3) is 2.25. The quantitative estimate of drug-likeness (QED) is 0.931. The topological polar surface area (TPSA) is 58.7 Å². The molecule has 0 fully saturated rings. The Morgan fingerprint density at radius 2 is 2.15 bits per heavy atom. The number of hydrogen-bond donors (Lipinski definition) is 1. The number of fused-ring (bicyclic) bond motifs is 1. The van der Waals surface area contributed by atoms with Crippen molar-refractivity contribution in [3.8, 4) is 5.75 Å². The van der Waals surface area contributed by atoms with Crippen molar-refractivity contribution in [3.05, 3.63) is 41.3 Å². The zero-order valence-corrected chi connectivity index (χ0v) is 11.7. The van der Waals surface area contributed by atoms with Crippen LogP contribution in [0, 0.1) is 6.92 Å². The van der Waals surface area contributed by atoms with Gasteiger partial charge in [-0.15, -0.1) is 0 Å². The summed E-state index contributed by atoms with van der Waals surface area (Å²) in [5, 5.41) is 13.9. The van der Waals surface area contributed by atoms with Gasteiger partial charge in [0.1, 0.15) is 23.2 Å². The maximum Gasteiger partial charge on any atom is 0.157 e. The number of benzene rings is 1. The summed E-state index contributed by atoms with van der Waals surface area (Å²) in [7, 11) is 1.66. The van der Waals surface area contributed by atoms with Crippen molar-refractivity contribution in [1.29, 1.82) is 0 Å². The van der Waals surface area contributed by atoms with Crippen LogP contribution in [0.25, 0.3) is 0 Å². The van der Waals surface area contributed by atoms with Crippen LogP contribution in [-0.4, -0.2) is 23.9 Å². The minimum Gasteiger partial charge on any atom is -0.497 e. The monoisotopic (exact) mass is 274 g/mol. The molecule has 1 atom stereocenters. The predicted molar refractivity (Wildman–Crippen MR) is 74.9 cm³/mol. The lowest BCUT2D eigenvalue weighted by Gasteiger charge is -2.30. The Hall–Kier alpha value is -2.01. The maximum absolute atomic E-state index is 9.96. The van der Waals surface area contributed by atoms with Crippen LogP contribution in [-0.2, 0) is 6.54 Å². The van der Waals surface area contributed by atoms with Crippen molar-refractivity contribution in [2.75, 3.05) is 18.6 Å². The average Bonchev–Trinajstić information content (AvgIpc) is 2.86. The summed E-state index contributed by atoms with van der Waals surface area (Å²) in [4.78, 5) is 2.20. The highest BCUT2D eigenvalue weighted by Gasteiger charge is 2.29. The van der Waals surface area contributed by atoms with E-state index in [9.17, 15) is 5.11 Å². The molecule has 20 heavy (non-hydrogen) atoms. The van der Waals surface area contributed by atoms with Crippen molar-refractivity contribution in [2.45, 2.75) is 26.0 Å². The normalized spacial score (nSPS) is 17.9. The van der Waals surface area contributed by atoms with E-state index in [0.29, 0.717) is 12.1 Å². The fourth-order valence-electron chi connectivity index (χ4n) is 2.62. The number of nitrogens with zero attached hydrogens (tertiary/aromatic N) is 2. The molecule has 5 nitrogen and oxygen atoms in total. The highest BCUT2D eigenvalue weighted by Crippen LogP contribution is 2.36. The van der Waals surface area contributed by atoms with Gasteiger partial charge in [-0.2, -0.15) is 0 Å². The number of aliphatic hydroxyl groups is 1. The van der Waals surface area contributed by atoms with E-state index in [1.807, 2.05) is 31.2 Å². The van der Waals surface area contributed by atoms with Crippen molar-refractivity contribution in [2.24, 2.45) is 0 Å². The van der Waals surface area contributed by atoms with Crippen molar-refractivity contribution in [3.63, 3.8) is 0 Å². The number of methoxy groups -OCH3 is 1. The molecule has 2 aromatic rings. The summed E-state index contributed by atoms with van der Waals surface area (Å²) in [5.74, 6) is 1.61. The van der Waals surface area contributed by atoms with Crippen LogP contribution in [0.4, 0.5) is 5.69 Å². The molecule has 0 bridgehead atoms. The summed E-state index contributed by atoms with van der Waals surface area (Å²) in [6.07, 6.45) is 0.157. The SMILES string of the molecule is COc1ccc(CN2CCC(O)c3noc(C)c32)cc1. The number of aryl methyl sites for hydroxylation is 1. The highest BCUT2D eigenvalue weighted by atomic mass is 16.5. The van der Waals surface area contributed by atoms with Crippen LogP contribution in [0.5, 0.6) is 5.75 Å². The van der Waals surface area contributed by atoms with Gasteiger partial charge in [-0.05, 0) is 31.0 Å². The molecule has 1 aromatic carbocycles. The molecule has 5 heteroatoms. The number of aromatic nitrogens is 1. The van der Waals surface area contributed by atoms with Crippen LogP contribution in [0.15, 0.2) is 28.8 Å². The molecule has 3 rings (SSSR count). The number of rotatable bonds is 3. The van der Waals surface area contributed by atoms with E-state index >= 15 is 0 Å². The summed E-state index contributed by atoms with van der Waals surface area (Å²) in [6.45, 7) is 3.44. The second-order valence-corrected chi connectivity index (χ2v) is 5.05. The van der Waals surface area contributed by atoms with E-state index in [2.05, 4.69) is 10.1 Å². The average molecular weight is 274 g/mol. The zero-order valence-electron chi connectivity index (χ0n) is 11.7. The Balaban J connectivity index is 1.84. The first-order valence-corrected chi connectivity index (χ1v) is 6.71. The lowest BCUT2D eigenvalue weighted by molar-refractivity contribution is 0.154. The molecule has 0 saturated carbocycles. The lowest BCUT2D eigenvalue weighted by atomic mass is 10.0. The predicted octanol–water partition coefficient (Wildman–Crippen LogP) is 2.44. The zero-order chi connectivity index (χ0) is 14.1. The van der Waals surface area contributed by atoms with E-state index in [1.54, 1.807) is 7.11 Å². The Morgan fingerprint density at radius 1 is 1.40 bits per heavy atom. The molecule has 106 valence electrons. The molecule has 2 heterocycles. The van der Waals surface area contributed by atoms with E-state index < -0.39 is 6.10 Å². The van der Waals surface area contributed by atoms with Crippen LogP contribution in [0.3, 0.4) is 0 Å². The maximum atomic E-state index is 9.96. The van der Waals surface area contributed by atoms with Gasteiger partial charge in [-0.1, -0.05) is 17.3 Å². The van der Waals surface area contributed by atoms with Crippen LogP contribution in [0.2, 0.25) is 0 Å². The van der Waals surface area contributed by atoms with Gasteiger partial charge in [0.2, 0.25) is 0 Å². The Bertz CT molecular complexity index is 592. The minimum atomic E-state index is -0.519. The highest BCUT2D eigenvalue weighted by molar-refractivity contribution is 5.56. The van der Waals surface area contributed by atoms with Gasteiger partial charge >= 0.3 is 0 Å². The van der Waals surface area contributed by atoms with Gasteiger partial charge in [0, 0.05) is 13.1 Å². The second kappa shape index (κ2) is 5.17. The molecule has 0 amide bonds. The molecule has 1 aromatic heterocycles. The van der Waals surface area contributed by atoms with Gasteiger partial charge in [0.05, 0.1) is 7.11 Å². The first-order chi connectivity index (χ1) is 9.69. The molecule has 0 spiro atoms. The Kier molecular flexibility index (Phi) is 3.36. The molecule has 1 unspecified atom stereocenters. The van der Waals surface area contributed by atoms with E-state index in [1.165, 1.54) is 5.56 Å². The molecule has 1 aliphatic rings. The second-order valence-electron chi connectivity index (χ2n) is 5.05. The summed E-state index contributed by atoms with van der Waals surface area (Å²) in [6, 6.07) is 8.00. The Morgan fingerprint density at radius 3 is 2.85 bits per heavy atom. The van der Waals surface area contributed by atoms with E-state index in [-0.39, 0.29) is 0 Å². The number of anilines is 1. The van der Waals surface area contributed by atoms with Crippen LogP contribution >= 0.6 is 0 Å². The van der Waals surface area contributed by atoms with E-state index in [4.69, 9.17) is 9.26 Å². The number of ether oxygens (including phenoxy) is 1. The molecular weight excluding hydrogens is 256 g/mol. The first-order valence-electron chi connectivity index (χ1n) is 6.71. The largest absolute Gasteiger partial charge is 0.497 e. The first kappa shape index (κ1) is 13.0. The van der Waals surface area contributed by atoms with Gasteiger partial charge < -0.3 is 19.3 Å². The van der Waals surface area contributed by atoms with Crippen molar-refractivity contribution in [1.82, 2.24) is 5.16 Å². The summed E-state index contributed by atoms with van der Waals surface area (Å²) >= 11 is 0. The molecule has 1 aliphatic heterocycles. The lowest BCUT2D eigenvalue weighted by Crippen LogP contribution is -2.30. The smallest absolute Gasteiger partial charge is 0.157 e. The van der Waals surface area contributed by atoms with Gasteiger partial charge in [0.25, 0.3) is 0 Å². The third-order valence-electron chi connectivity index (χ3n) is 3.69. The van der Waals surface area contributed by atoms with Crippen molar-refractivity contribution < 1.29 is 14.4 Å². The number of aliphatic hydroxyl groups excluding tert-OH is 1. The molecule has 0 radical (unpaired) electrons. The fourth-order valence-corrected chi connectivity index (χ4v) is 2.62. The molecule has 0 aliphatic carbocycles.